The maximum Gasteiger partial charge on any atom is 0.342 e. The number of ether oxygens (including phenoxy) is 2. The molecule has 0 aromatic heterocycles. The third-order valence-electron chi connectivity index (χ3n) is 4.31. The van der Waals surface area contributed by atoms with E-state index in [9.17, 15) is 19.8 Å². The van der Waals surface area contributed by atoms with Crippen LogP contribution in [0.1, 0.15) is 42.1 Å². The molecule has 2 aliphatic rings. The van der Waals surface area contributed by atoms with E-state index < -0.39 is 17.8 Å². The minimum Gasteiger partial charge on any atom is -0.507 e. The maximum absolute atomic E-state index is 12.5. The summed E-state index contributed by atoms with van der Waals surface area (Å²) in [7, 11) is 0. The summed E-state index contributed by atoms with van der Waals surface area (Å²) < 4.78 is 10.9. The smallest absolute Gasteiger partial charge is 0.342 e. The summed E-state index contributed by atoms with van der Waals surface area (Å²) in [6.45, 7) is 1.73. The van der Waals surface area contributed by atoms with Crippen LogP contribution in [0.3, 0.4) is 0 Å². The van der Waals surface area contributed by atoms with Crippen molar-refractivity contribution in [1.29, 1.82) is 0 Å². The number of epoxide rings is 1. The molecule has 0 unspecified atom stereocenters. The highest BCUT2D eigenvalue weighted by molar-refractivity contribution is 6.33. The Kier molecular flexibility index (Phi) is 5.01. The molecule has 0 bridgehead atoms. The molecule has 2 heterocycles. The van der Waals surface area contributed by atoms with Gasteiger partial charge in [-0.3, -0.25) is 4.79 Å². The summed E-state index contributed by atoms with van der Waals surface area (Å²) in [6.07, 6.45) is 4.51. The highest BCUT2D eigenvalue weighted by Gasteiger charge is 2.38. The number of aromatic hydroxyl groups is 2. The number of phenolic OH excluding ortho intramolecular Hbond substituents is 2. The lowest BCUT2D eigenvalue weighted by Gasteiger charge is -2.17. The Bertz CT molecular complexity index is 742. The van der Waals surface area contributed by atoms with Crippen LogP contribution in [0.25, 0.3) is 0 Å². The molecule has 2 N–H and O–H groups in total. The van der Waals surface area contributed by atoms with Crippen molar-refractivity contribution in [3.05, 3.63) is 34.4 Å². The van der Waals surface area contributed by atoms with Gasteiger partial charge in [0.2, 0.25) is 0 Å². The molecule has 1 fully saturated rings. The second-order valence-corrected chi connectivity index (χ2v) is 6.73. The number of ketones is 1. The number of esters is 1. The van der Waals surface area contributed by atoms with Gasteiger partial charge in [-0.1, -0.05) is 23.8 Å². The molecule has 7 heteroatoms. The van der Waals surface area contributed by atoms with Gasteiger partial charge in [-0.2, -0.15) is 0 Å². The van der Waals surface area contributed by atoms with Crippen LogP contribution >= 0.6 is 11.6 Å². The van der Waals surface area contributed by atoms with Gasteiger partial charge >= 0.3 is 5.97 Å². The number of cyclic esters (lactones) is 1. The first kappa shape index (κ1) is 17.8. The Morgan fingerprint density at radius 2 is 2.00 bits per heavy atom. The quantitative estimate of drug-likeness (QED) is 0.416. The highest BCUT2D eigenvalue weighted by atomic mass is 35.5. The number of rotatable bonds is 0. The first-order chi connectivity index (χ1) is 11.9. The summed E-state index contributed by atoms with van der Waals surface area (Å²) in [5, 5.41) is 19.8. The van der Waals surface area contributed by atoms with Gasteiger partial charge in [0.05, 0.1) is 11.1 Å². The fourth-order valence-electron chi connectivity index (χ4n) is 2.97. The molecule has 1 aromatic rings. The molecule has 134 valence electrons. The van der Waals surface area contributed by atoms with Gasteiger partial charge in [0.1, 0.15) is 35.1 Å². The van der Waals surface area contributed by atoms with Crippen LogP contribution in [0.5, 0.6) is 11.5 Å². The normalized spacial score (nSPS) is 27.0. The van der Waals surface area contributed by atoms with Crippen molar-refractivity contribution in [2.24, 2.45) is 0 Å². The third-order valence-corrected chi connectivity index (χ3v) is 4.73. The lowest BCUT2D eigenvalue weighted by Crippen LogP contribution is -2.20. The maximum atomic E-state index is 12.5. The van der Waals surface area contributed by atoms with Crippen LogP contribution in [-0.2, 0) is 20.7 Å². The van der Waals surface area contributed by atoms with Crippen molar-refractivity contribution in [3.63, 3.8) is 0 Å². The number of phenols is 2. The molecule has 25 heavy (non-hydrogen) atoms. The van der Waals surface area contributed by atoms with Crippen molar-refractivity contribution >= 4 is 23.4 Å². The molecule has 0 spiro atoms. The number of halogens is 1. The largest absolute Gasteiger partial charge is 0.507 e. The summed E-state index contributed by atoms with van der Waals surface area (Å²) >= 11 is 6.08. The molecule has 0 radical (unpaired) electrons. The molecule has 0 aliphatic carbocycles. The van der Waals surface area contributed by atoms with E-state index >= 15 is 0 Å². The predicted molar refractivity (Wildman–Crippen MR) is 90.0 cm³/mol. The molecule has 2 aliphatic heterocycles. The average molecular weight is 367 g/mol. The third kappa shape index (κ3) is 3.96. The number of allylic oxidation sites excluding steroid dienone is 1. The Labute approximate surface area is 150 Å². The standard InChI is InChI=1S/C18H19ClO6/c1-9-6-15-14(25-15)5-3-2-4-10(20)7-11-16(18(23)24-9)12(21)8-13(22)17(11)19/h3,5,8-9,14-15,21-22H,2,4,6-7H2,1H3/t9-,14-,15-/m1/s1. The van der Waals surface area contributed by atoms with E-state index in [1.807, 2.05) is 12.2 Å². The van der Waals surface area contributed by atoms with Crippen molar-refractivity contribution in [2.45, 2.75) is 50.9 Å². The summed E-state index contributed by atoms with van der Waals surface area (Å²) in [4.78, 5) is 24.7. The number of fused-ring (bicyclic) bond motifs is 2. The summed E-state index contributed by atoms with van der Waals surface area (Å²) in [5.41, 5.74) is -0.0909. The molecule has 3 atom stereocenters. The predicted octanol–water partition coefficient (Wildman–Crippen LogP) is 2.92. The van der Waals surface area contributed by atoms with Crippen molar-refractivity contribution in [3.8, 4) is 11.5 Å². The summed E-state index contributed by atoms with van der Waals surface area (Å²) in [6, 6.07) is 0.976. The molecule has 0 saturated carbocycles. The minimum absolute atomic E-state index is 0.00808. The van der Waals surface area contributed by atoms with Gasteiger partial charge in [0.25, 0.3) is 0 Å². The average Bonchev–Trinajstić information content (AvgIpc) is 3.25. The number of hydrogen-bond acceptors (Lipinski definition) is 6. The van der Waals surface area contributed by atoms with E-state index in [0.29, 0.717) is 12.8 Å². The zero-order valence-electron chi connectivity index (χ0n) is 13.7. The number of Topliss-reactive ketones (excluding diaryl/α,β-unsaturated/α-hetero) is 1. The van der Waals surface area contributed by atoms with Crippen LogP contribution in [0.2, 0.25) is 5.02 Å². The number of carbonyl (C=O) groups excluding carboxylic acids is 2. The van der Waals surface area contributed by atoms with Gasteiger partial charge < -0.3 is 19.7 Å². The molecule has 3 rings (SSSR count). The van der Waals surface area contributed by atoms with E-state index in [4.69, 9.17) is 21.1 Å². The summed E-state index contributed by atoms with van der Waals surface area (Å²) in [5.74, 6) is -1.79. The van der Waals surface area contributed by atoms with Gasteiger partial charge in [-0.15, -0.1) is 0 Å². The zero-order valence-corrected chi connectivity index (χ0v) is 14.5. The molecule has 0 amide bonds. The van der Waals surface area contributed by atoms with Crippen molar-refractivity contribution in [2.75, 3.05) is 0 Å². The van der Waals surface area contributed by atoms with E-state index in [1.54, 1.807) is 6.92 Å². The van der Waals surface area contributed by atoms with E-state index in [0.717, 1.165) is 6.07 Å². The number of benzene rings is 1. The van der Waals surface area contributed by atoms with Crippen LogP contribution in [0, 0.1) is 0 Å². The number of hydrogen-bond donors (Lipinski definition) is 2. The van der Waals surface area contributed by atoms with Gasteiger partial charge in [0.15, 0.2) is 0 Å². The molecular weight excluding hydrogens is 348 g/mol. The van der Waals surface area contributed by atoms with E-state index in [2.05, 4.69) is 0 Å². The fourth-order valence-corrected chi connectivity index (χ4v) is 3.19. The fraction of sp³-hybridized carbons (Fsp3) is 0.444. The molecule has 1 aromatic carbocycles. The zero-order chi connectivity index (χ0) is 18.1. The first-order valence-corrected chi connectivity index (χ1v) is 8.52. The van der Waals surface area contributed by atoms with Crippen molar-refractivity contribution in [1.82, 2.24) is 0 Å². The Balaban J connectivity index is 1.96. The molecule has 1 saturated heterocycles. The van der Waals surface area contributed by atoms with Gasteiger partial charge in [-0.05, 0) is 13.3 Å². The lowest BCUT2D eigenvalue weighted by molar-refractivity contribution is -0.118. The van der Waals surface area contributed by atoms with Crippen LogP contribution in [0.4, 0.5) is 0 Å². The lowest BCUT2D eigenvalue weighted by atomic mass is 9.98. The van der Waals surface area contributed by atoms with E-state index in [-0.39, 0.29) is 52.7 Å². The van der Waals surface area contributed by atoms with Crippen molar-refractivity contribution < 1.29 is 29.3 Å². The second kappa shape index (κ2) is 7.06. The Morgan fingerprint density at radius 3 is 2.76 bits per heavy atom. The monoisotopic (exact) mass is 366 g/mol. The van der Waals surface area contributed by atoms with Gasteiger partial charge in [0, 0.05) is 30.9 Å². The SMILES string of the molecule is C[C@@H]1C[C@H]2O[C@@H]2C=CCCC(=O)Cc2c(Cl)c(O)cc(O)c2C(=O)O1. The Morgan fingerprint density at radius 1 is 1.24 bits per heavy atom. The Hall–Kier alpha value is -2.05. The molecular formula is C18H19ClO6. The minimum atomic E-state index is -0.778. The van der Waals surface area contributed by atoms with Crippen LogP contribution in [-0.4, -0.2) is 40.3 Å². The highest BCUT2D eigenvalue weighted by Crippen LogP contribution is 2.38. The topological polar surface area (TPSA) is 96.4 Å². The first-order valence-electron chi connectivity index (χ1n) is 8.15. The van der Waals surface area contributed by atoms with Crippen LogP contribution < -0.4 is 0 Å². The van der Waals surface area contributed by atoms with Crippen LogP contribution in [0.15, 0.2) is 18.2 Å². The molecule has 6 nitrogen and oxygen atoms in total. The number of carbonyl (C=O) groups is 2. The van der Waals surface area contributed by atoms with Gasteiger partial charge in [-0.25, -0.2) is 4.79 Å². The second-order valence-electron chi connectivity index (χ2n) is 6.36. The van der Waals surface area contributed by atoms with E-state index in [1.165, 1.54) is 0 Å².